The van der Waals surface area contributed by atoms with Crippen LogP contribution in [0.1, 0.15) is 31.7 Å². The maximum absolute atomic E-state index is 11.9. The molecule has 2 amide bonds. The van der Waals surface area contributed by atoms with E-state index in [1.165, 1.54) is 10.5 Å². The summed E-state index contributed by atoms with van der Waals surface area (Å²) in [5.74, 6) is -0.674. The number of hydrogen-bond donors (Lipinski definition) is 2. The highest BCUT2D eigenvalue weighted by atomic mass is 16.4. The molecule has 5 heteroatoms. The fourth-order valence-electron chi connectivity index (χ4n) is 1.89. The number of nitrogens with zero attached hydrogens (tertiary/aromatic N) is 1. The van der Waals surface area contributed by atoms with Gasteiger partial charge in [0.2, 0.25) is 0 Å². The zero-order chi connectivity index (χ0) is 15.0. The van der Waals surface area contributed by atoms with Crippen molar-refractivity contribution in [2.24, 2.45) is 0 Å². The highest BCUT2D eigenvalue weighted by molar-refractivity contribution is 5.75. The lowest BCUT2D eigenvalue weighted by atomic mass is 10.0. The van der Waals surface area contributed by atoms with Crippen LogP contribution in [0.25, 0.3) is 0 Å². The predicted octanol–water partition coefficient (Wildman–Crippen LogP) is 2.30. The summed E-state index contributed by atoms with van der Waals surface area (Å²) >= 11 is 0. The number of nitrogens with one attached hydrogen (secondary N) is 1. The van der Waals surface area contributed by atoms with Gasteiger partial charge in [-0.05, 0) is 18.4 Å². The number of amides is 2. The number of aliphatic carboxylic acids is 1. The van der Waals surface area contributed by atoms with Crippen molar-refractivity contribution in [2.75, 3.05) is 19.6 Å². The van der Waals surface area contributed by atoms with Crippen LogP contribution in [-0.4, -0.2) is 41.6 Å². The summed E-state index contributed by atoms with van der Waals surface area (Å²) in [6.07, 6.45) is -0.0322. The highest BCUT2D eigenvalue weighted by Crippen LogP contribution is 2.13. The van der Waals surface area contributed by atoms with Crippen LogP contribution in [0.4, 0.5) is 4.79 Å². The summed E-state index contributed by atoms with van der Waals surface area (Å²) in [5.41, 5.74) is 1.17. The van der Waals surface area contributed by atoms with Crippen molar-refractivity contribution in [3.8, 4) is 0 Å². The molecule has 1 atom stereocenters. The Bertz CT molecular complexity index is 434. The Hall–Kier alpha value is -2.04. The molecule has 0 saturated heterocycles. The minimum Gasteiger partial charge on any atom is -0.481 e. The summed E-state index contributed by atoms with van der Waals surface area (Å²) < 4.78 is 0. The lowest BCUT2D eigenvalue weighted by Gasteiger charge is -2.22. The van der Waals surface area contributed by atoms with Gasteiger partial charge < -0.3 is 15.3 Å². The van der Waals surface area contributed by atoms with Crippen LogP contribution in [0.15, 0.2) is 30.3 Å². The summed E-state index contributed by atoms with van der Waals surface area (Å²) in [4.78, 5) is 24.0. The minimum absolute atomic E-state index is 0.0322. The fraction of sp³-hybridized carbons (Fsp3) is 0.467. The maximum atomic E-state index is 11.9. The second-order valence-corrected chi connectivity index (χ2v) is 4.72. The fourth-order valence-corrected chi connectivity index (χ4v) is 1.89. The number of hydrogen-bond acceptors (Lipinski definition) is 2. The molecule has 1 aromatic rings. The second kappa shape index (κ2) is 8.19. The van der Waals surface area contributed by atoms with Crippen LogP contribution in [0, 0.1) is 0 Å². The largest absolute Gasteiger partial charge is 0.481 e. The van der Waals surface area contributed by atoms with E-state index in [4.69, 9.17) is 5.11 Å². The SMILES string of the molecule is CCN(CCC(=O)O)C(=O)NCC(C)c1ccccc1. The zero-order valence-electron chi connectivity index (χ0n) is 12.0. The summed E-state index contributed by atoms with van der Waals surface area (Å²) in [6.45, 7) is 5.15. The lowest BCUT2D eigenvalue weighted by Crippen LogP contribution is -2.42. The van der Waals surface area contributed by atoms with Gasteiger partial charge in [0.05, 0.1) is 6.42 Å². The van der Waals surface area contributed by atoms with Gasteiger partial charge in [-0.1, -0.05) is 37.3 Å². The van der Waals surface area contributed by atoms with Crippen LogP contribution in [0.3, 0.4) is 0 Å². The zero-order valence-corrected chi connectivity index (χ0v) is 12.0. The molecule has 0 aliphatic heterocycles. The molecule has 5 nitrogen and oxygen atoms in total. The van der Waals surface area contributed by atoms with Gasteiger partial charge in [-0.2, -0.15) is 0 Å². The Balaban J connectivity index is 2.43. The molecule has 20 heavy (non-hydrogen) atoms. The number of carboxylic acid groups (broad SMARTS) is 1. The standard InChI is InChI=1S/C15H22N2O3/c1-3-17(10-9-14(18)19)15(20)16-11-12(2)13-7-5-4-6-8-13/h4-8,12H,3,9-11H2,1-2H3,(H,16,20)(H,18,19). The third kappa shape index (κ3) is 5.30. The molecule has 0 aliphatic carbocycles. The average Bonchev–Trinajstić information content (AvgIpc) is 2.46. The molecular weight excluding hydrogens is 256 g/mol. The molecule has 1 unspecified atom stereocenters. The van der Waals surface area contributed by atoms with E-state index in [1.807, 2.05) is 44.2 Å². The van der Waals surface area contributed by atoms with Gasteiger partial charge >= 0.3 is 12.0 Å². The van der Waals surface area contributed by atoms with Crippen LogP contribution >= 0.6 is 0 Å². The Kier molecular flexibility index (Phi) is 6.56. The molecule has 0 spiro atoms. The van der Waals surface area contributed by atoms with E-state index < -0.39 is 5.97 Å². The summed E-state index contributed by atoms with van der Waals surface area (Å²) in [7, 11) is 0. The average molecular weight is 278 g/mol. The second-order valence-electron chi connectivity index (χ2n) is 4.72. The van der Waals surface area contributed by atoms with Gasteiger partial charge in [0.1, 0.15) is 0 Å². The Morgan fingerprint density at radius 1 is 1.30 bits per heavy atom. The van der Waals surface area contributed by atoms with Crippen molar-refractivity contribution in [3.05, 3.63) is 35.9 Å². The third-order valence-corrected chi connectivity index (χ3v) is 3.19. The molecule has 2 N–H and O–H groups in total. The minimum atomic E-state index is -0.895. The Labute approximate surface area is 119 Å². The van der Waals surface area contributed by atoms with E-state index in [1.54, 1.807) is 0 Å². The van der Waals surface area contributed by atoms with Gasteiger partial charge in [-0.25, -0.2) is 4.79 Å². The van der Waals surface area contributed by atoms with E-state index in [9.17, 15) is 9.59 Å². The first-order valence-electron chi connectivity index (χ1n) is 6.84. The highest BCUT2D eigenvalue weighted by Gasteiger charge is 2.14. The molecule has 1 aromatic carbocycles. The van der Waals surface area contributed by atoms with Gasteiger partial charge in [0.15, 0.2) is 0 Å². The van der Waals surface area contributed by atoms with Gasteiger partial charge in [-0.3, -0.25) is 4.79 Å². The van der Waals surface area contributed by atoms with Gasteiger partial charge in [0.25, 0.3) is 0 Å². The van der Waals surface area contributed by atoms with Crippen molar-refractivity contribution in [1.82, 2.24) is 10.2 Å². The van der Waals surface area contributed by atoms with Crippen molar-refractivity contribution in [2.45, 2.75) is 26.2 Å². The first kappa shape index (κ1) is 16.0. The van der Waals surface area contributed by atoms with Crippen molar-refractivity contribution < 1.29 is 14.7 Å². The van der Waals surface area contributed by atoms with E-state index in [0.29, 0.717) is 13.1 Å². The molecule has 1 rings (SSSR count). The first-order valence-corrected chi connectivity index (χ1v) is 6.84. The summed E-state index contributed by atoms with van der Waals surface area (Å²) in [5, 5.41) is 11.5. The van der Waals surface area contributed by atoms with Crippen molar-refractivity contribution >= 4 is 12.0 Å². The predicted molar refractivity (Wildman–Crippen MR) is 77.8 cm³/mol. The first-order chi connectivity index (χ1) is 9.54. The van der Waals surface area contributed by atoms with Crippen molar-refractivity contribution in [3.63, 3.8) is 0 Å². The van der Waals surface area contributed by atoms with Crippen LogP contribution < -0.4 is 5.32 Å². The molecule has 0 aromatic heterocycles. The summed E-state index contributed by atoms with van der Waals surface area (Å²) in [6, 6.07) is 9.74. The number of carbonyl (C=O) groups excluding carboxylic acids is 1. The van der Waals surface area contributed by atoms with E-state index in [2.05, 4.69) is 5.32 Å². The number of rotatable bonds is 7. The maximum Gasteiger partial charge on any atom is 0.317 e. The number of carboxylic acids is 1. The lowest BCUT2D eigenvalue weighted by molar-refractivity contribution is -0.137. The van der Waals surface area contributed by atoms with Gasteiger partial charge in [-0.15, -0.1) is 0 Å². The Morgan fingerprint density at radius 2 is 1.95 bits per heavy atom. The van der Waals surface area contributed by atoms with Crippen LogP contribution in [-0.2, 0) is 4.79 Å². The molecule has 110 valence electrons. The van der Waals surface area contributed by atoms with Crippen LogP contribution in [0.2, 0.25) is 0 Å². The number of carbonyl (C=O) groups is 2. The monoisotopic (exact) mass is 278 g/mol. The molecule has 0 heterocycles. The molecule has 0 fully saturated rings. The van der Waals surface area contributed by atoms with E-state index in [0.717, 1.165) is 0 Å². The molecule has 0 saturated carbocycles. The molecule has 0 aliphatic rings. The normalized spacial score (nSPS) is 11.7. The topological polar surface area (TPSA) is 69.6 Å². The van der Waals surface area contributed by atoms with Crippen molar-refractivity contribution in [1.29, 1.82) is 0 Å². The van der Waals surface area contributed by atoms with E-state index >= 15 is 0 Å². The van der Waals surface area contributed by atoms with Crippen LogP contribution in [0.5, 0.6) is 0 Å². The third-order valence-electron chi connectivity index (χ3n) is 3.19. The smallest absolute Gasteiger partial charge is 0.317 e. The van der Waals surface area contributed by atoms with E-state index in [-0.39, 0.29) is 24.9 Å². The number of urea groups is 1. The quantitative estimate of drug-likeness (QED) is 0.804. The number of benzene rings is 1. The Morgan fingerprint density at radius 3 is 2.50 bits per heavy atom. The molecule has 0 bridgehead atoms. The molecule has 0 radical (unpaired) electrons. The molecular formula is C15H22N2O3. The van der Waals surface area contributed by atoms with Gasteiger partial charge in [0, 0.05) is 19.6 Å².